The predicted octanol–water partition coefficient (Wildman–Crippen LogP) is 2.90. The Balaban J connectivity index is 2.76. The van der Waals surface area contributed by atoms with Gasteiger partial charge in [-0.25, -0.2) is 0 Å². The van der Waals surface area contributed by atoms with Crippen LogP contribution in [0.25, 0.3) is 0 Å². The lowest BCUT2D eigenvalue weighted by atomic mass is 9.98. The van der Waals surface area contributed by atoms with Crippen LogP contribution in [0.15, 0.2) is 16.8 Å². The zero-order chi connectivity index (χ0) is 15.5. The molecule has 0 amide bonds. The molecule has 4 nitrogen and oxygen atoms in total. The summed E-state index contributed by atoms with van der Waals surface area (Å²) in [5.74, 6) is 0. The highest BCUT2D eigenvalue weighted by atomic mass is 32.1. The van der Waals surface area contributed by atoms with Gasteiger partial charge in [-0.05, 0) is 42.7 Å². The molecule has 0 radical (unpaired) electrons. The molecule has 0 saturated carbocycles. The van der Waals surface area contributed by atoms with Crippen molar-refractivity contribution in [3.05, 3.63) is 22.4 Å². The smallest absolute Gasteiger partial charge is 0.0593 e. The monoisotopic (exact) mass is 314 g/mol. The van der Waals surface area contributed by atoms with Gasteiger partial charge >= 0.3 is 0 Å². The zero-order valence-corrected chi connectivity index (χ0v) is 14.4. The van der Waals surface area contributed by atoms with E-state index >= 15 is 0 Å². The van der Waals surface area contributed by atoms with Crippen molar-refractivity contribution in [2.75, 3.05) is 39.5 Å². The van der Waals surface area contributed by atoms with E-state index in [1.807, 2.05) is 13.8 Å². The Kier molecular flexibility index (Phi) is 9.87. The lowest BCUT2D eigenvalue weighted by molar-refractivity contribution is 0.0555. The first-order chi connectivity index (χ1) is 10.2. The molecule has 0 spiro atoms. The SMILES string of the molecule is CCOCCN(CCOCC)C(c1ccsc1)C(N)CC. The van der Waals surface area contributed by atoms with Crippen LogP contribution >= 0.6 is 11.3 Å². The van der Waals surface area contributed by atoms with Crippen molar-refractivity contribution in [1.29, 1.82) is 0 Å². The summed E-state index contributed by atoms with van der Waals surface area (Å²) in [5.41, 5.74) is 7.71. The molecular formula is C16H30N2O2S. The second-order valence-electron chi connectivity index (χ2n) is 5.00. The van der Waals surface area contributed by atoms with Gasteiger partial charge in [0, 0.05) is 32.3 Å². The Morgan fingerprint density at radius 1 is 1.14 bits per heavy atom. The number of nitrogens with two attached hydrogens (primary N) is 1. The van der Waals surface area contributed by atoms with Gasteiger partial charge in [0.25, 0.3) is 0 Å². The fourth-order valence-electron chi connectivity index (χ4n) is 2.44. The summed E-state index contributed by atoms with van der Waals surface area (Å²) in [5, 5.41) is 4.32. The molecule has 0 aliphatic carbocycles. The maximum absolute atomic E-state index is 6.40. The molecule has 1 aromatic heterocycles. The van der Waals surface area contributed by atoms with Gasteiger partial charge < -0.3 is 15.2 Å². The first kappa shape index (κ1) is 18.6. The third-order valence-corrected chi connectivity index (χ3v) is 4.31. The van der Waals surface area contributed by atoms with Crippen LogP contribution in [-0.2, 0) is 9.47 Å². The zero-order valence-electron chi connectivity index (χ0n) is 13.6. The summed E-state index contributed by atoms with van der Waals surface area (Å²) in [7, 11) is 0. The topological polar surface area (TPSA) is 47.7 Å². The lowest BCUT2D eigenvalue weighted by Gasteiger charge is -2.35. The number of hydrogen-bond acceptors (Lipinski definition) is 5. The van der Waals surface area contributed by atoms with Crippen molar-refractivity contribution in [1.82, 2.24) is 4.90 Å². The van der Waals surface area contributed by atoms with Crippen LogP contribution < -0.4 is 5.73 Å². The molecule has 0 bridgehead atoms. The average Bonchev–Trinajstić information content (AvgIpc) is 3.01. The number of thiophene rings is 1. The van der Waals surface area contributed by atoms with E-state index < -0.39 is 0 Å². The normalized spacial score (nSPS) is 14.5. The van der Waals surface area contributed by atoms with Crippen molar-refractivity contribution in [2.45, 2.75) is 39.3 Å². The third-order valence-electron chi connectivity index (χ3n) is 3.61. The molecule has 122 valence electrons. The molecule has 2 N–H and O–H groups in total. The highest BCUT2D eigenvalue weighted by Gasteiger charge is 2.25. The molecule has 1 aromatic rings. The Labute approximate surface area is 133 Å². The van der Waals surface area contributed by atoms with Gasteiger partial charge in [0.05, 0.1) is 19.3 Å². The van der Waals surface area contributed by atoms with Gasteiger partial charge in [0.2, 0.25) is 0 Å². The summed E-state index contributed by atoms with van der Waals surface area (Å²) in [4.78, 5) is 2.40. The largest absolute Gasteiger partial charge is 0.380 e. The molecule has 0 aliphatic heterocycles. The van der Waals surface area contributed by atoms with Crippen molar-refractivity contribution in [3.63, 3.8) is 0 Å². The fraction of sp³-hybridized carbons (Fsp3) is 0.750. The van der Waals surface area contributed by atoms with Gasteiger partial charge in [-0.1, -0.05) is 6.92 Å². The first-order valence-corrected chi connectivity index (χ1v) is 8.86. The minimum Gasteiger partial charge on any atom is -0.380 e. The maximum atomic E-state index is 6.40. The number of nitrogens with zero attached hydrogens (tertiary/aromatic N) is 1. The lowest BCUT2D eigenvalue weighted by Crippen LogP contribution is -2.43. The summed E-state index contributed by atoms with van der Waals surface area (Å²) < 4.78 is 11.1. The Morgan fingerprint density at radius 2 is 1.76 bits per heavy atom. The van der Waals surface area contributed by atoms with E-state index in [2.05, 4.69) is 28.7 Å². The molecule has 1 heterocycles. The number of ether oxygens (including phenoxy) is 2. The van der Waals surface area contributed by atoms with Crippen LogP contribution in [-0.4, -0.2) is 50.5 Å². The Morgan fingerprint density at radius 3 is 2.19 bits per heavy atom. The standard InChI is InChI=1S/C16H30N2O2S/c1-4-15(17)16(14-7-12-21-13-14)18(8-10-19-5-2)9-11-20-6-3/h7,12-13,15-16H,4-6,8-11,17H2,1-3H3. The molecule has 0 saturated heterocycles. The summed E-state index contributed by atoms with van der Waals surface area (Å²) in [6.07, 6.45) is 0.959. The van der Waals surface area contributed by atoms with E-state index in [1.165, 1.54) is 5.56 Å². The molecular weight excluding hydrogens is 284 g/mol. The Bertz CT molecular complexity index is 336. The van der Waals surface area contributed by atoms with E-state index in [0.717, 1.165) is 45.9 Å². The molecule has 2 unspecified atom stereocenters. The highest BCUT2D eigenvalue weighted by molar-refractivity contribution is 7.07. The third kappa shape index (κ3) is 6.45. The second-order valence-corrected chi connectivity index (χ2v) is 5.78. The highest BCUT2D eigenvalue weighted by Crippen LogP contribution is 2.26. The van der Waals surface area contributed by atoms with Crippen molar-refractivity contribution in [2.24, 2.45) is 5.73 Å². The van der Waals surface area contributed by atoms with Crippen molar-refractivity contribution >= 4 is 11.3 Å². The Hall–Kier alpha value is -0.460. The fourth-order valence-corrected chi connectivity index (χ4v) is 3.13. The van der Waals surface area contributed by atoms with Crippen LogP contribution in [0.4, 0.5) is 0 Å². The van der Waals surface area contributed by atoms with Crippen LogP contribution in [0.1, 0.15) is 38.8 Å². The summed E-state index contributed by atoms with van der Waals surface area (Å²) in [6.45, 7) is 10.9. The molecule has 21 heavy (non-hydrogen) atoms. The quantitative estimate of drug-likeness (QED) is 0.603. The maximum Gasteiger partial charge on any atom is 0.0593 e. The first-order valence-electron chi connectivity index (χ1n) is 7.91. The van der Waals surface area contributed by atoms with E-state index in [1.54, 1.807) is 11.3 Å². The molecule has 1 rings (SSSR count). The van der Waals surface area contributed by atoms with Crippen LogP contribution in [0.5, 0.6) is 0 Å². The van der Waals surface area contributed by atoms with Gasteiger partial charge in [0.15, 0.2) is 0 Å². The minimum atomic E-state index is 0.128. The number of hydrogen-bond donors (Lipinski definition) is 1. The molecule has 2 atom stereocenters. The van der Waals surface area contributed by atoms with E-state index in [4.69, 9.17) is 15.2 Å². The van der Waals surface area contributed by atoms with Crippen LogP contribution in [0, 0.1) is 0 Å². The van der Waals surface area contributed by atoms with Gasteiger partial charge in [0.1, 0.15) is 0 Å². The van der Waals surface area contributed by atoms with Crippen LogP contribution in [0.2, 0.25) is 0 Å². The van der Waals surface area contributed by atoms with E-state index in [0.29, 0.717) is 0 Å². The summed E-state index contributed by atoms with van der Waals surface area (Å²) in [6, 6.07) is 2.55. The van der Waals surface area contributed by atoms with E-state index in [-0.39, 0.29) is 12.1 Å². The second kappa shape index (κ2) is 11.2. The van der Waals surface area contributed by atoms with Gasteiger partial charge in [-0.15, -0.1) is 0 Å². The summed E-state index contributed by atoms with van der Waals surface area (Å²) >= 11 is 1.73. The molecule has 0 aromatic carbocycles. The average molecular weight is 314 g/mol. The van der Waals surface area contributed by atoms with Gasteiger partial charge in [-0.2, -0.15) is 11.3 Å². The molecule has 0 fully saturated rings. The number of rotatable bonds is 12. The predicted molar refractivity (Wildman–Crippen MR) is 89.9 cm³/mol. The van der Waals surface area contributed by atoms with Crippen molar-refractivity contribution < 1.29 is 9.47 Å². The minimum absolute atomic E-state index is 0.128. The van der Waals surface area contributed by atoms with Gasteiger partial charge in [-0.3, -0.25) is 4.90 Å². The van der Waals surface area contributed by atoms with Crippen LogP contribution in [0.3, 0.4) is 0 Å². The molecule has 5 heteroatoms. The molecule has 0 aliphatic rings. The van der Waals surface area contributed by atoms with E-state index in [9.17, 15) is 0 Å². The van der Waals surface area contributed by atoms with Crippen molar-refractivity contribution in [3.8, 4) is 0 Å².